The molecule has 3 heteroatoms. The standard InChI is InChI=1S/C19H32O3/c1-5-6-7-8-9-10-13-21-14-15-16-11-12-19(4,17(15)20)22-18(16,2)3/h14,16H,5-13H2,1-4H3/b15-14-. The molecule has 2 heterocycles. The van der Waals surface area contributed by atoms with Crippen LogP contribution in [0.2, 0.25) is 0 Å². The van der Waals surface area contributed by atoms with Crippen LogP contribution in [0.25, 0.3) is 0 Å². The van der Waals surface area contributed by atoms with Gasteiger partial charge in [0.25, 0.3) is 0 Å². The Morgan fingerprint density at radius 1 is 1.18 bits per heavy atom. The molecule has 0 radical (unpaired) electrons. The molecule has 0 N–H and O–H groups in total. The SMILES string of the molecule is CCCCCCCCO/C=C1\C(=O)C2(C)CCC1C(C)(C)O2. The summed E-state index contributed by atoms with van der Waals surface area (Å²) < 4.78 is 11.7. The molecule has 0 spiro atoms. The van der Waals surface area contributed by atoms with Gasteiger partial charge in [-0.3, -0.25) is 4.79 Å². The van der Waals surface area contributed by atoms with Crippen LogP contribution in [-0.2, 0) is 14.3 Å². The van der Waals surface area contributed by atoms with Gasteiger partial charge in [0.05, 0.1) is 18.5 Å². The number of carbonyl (C=O) groups excluding carboxylic acids is 1. The molecule has 3 fully saturated rings. The second kappa shape index (κ2) is 7.16. The zero-order chi connectivity index (χ0) is 16.2. The molecule has 3 aliphatic rings. The second-order valence-electron chi connectivity index (χ2n) is 7.57. The number of Topliss-reactive ketones (excluding diaryl/α,β-unsaturated/α-hetero) is 1. The Hall–Kier alpha value is -0.830. The molecule has 1 saturated carbocycles. The minimum absolute atomic E-state index is 0.131. The average molecular weight is 308 g/mol. The number of ketones is 1. The molecule has 2 saturated heterocycles. The van der Waals surface area contributed by atoms with Gasteiger partial charge in [-0.25, -0.2) is 0 Å². The van der Waals surface area contributed by atoms with Crippen LogP contribution < -0.4 is 0 Å². The zero-order valence-corrected chi connectivity index (χ0v) is 14.7. The lowest BCUT2D eigenvalue weighted by molar-refractivity contribution is -0.207. The number of carbonyl (C=O) groups is 1. The Morgan fingerprint density at radius 3 is 2.55 bits per heavy atom. The van der Waals surface area contributed by atoms with E-state index in [9.17, 15) is 4.79 Å². The van der Waals surface area contributed by atoms with E-state index in [1.54, 1.807) is 6.26 Å². The number of unbranched alkanes of at least 4 members (excludes halogenated alkanes) is 5. The molecule has 126 valence electrons. The number of rotatable bonds is 8. The highest BCUT2D eigenvalue weighted by Crippen LogP contribution is 2.50. The predicted molar refractivity (Wildman–Crippen MR) is 88.7 cm³/mol. The van der Waals surface area contributed by atoms with Crippen molar-refractivity contribution in [1.82, 2.24) is 0 Å². The number of hydrogen-bond acceptors (Lipinski definition) is 3. The molecule has 3 nitrogen and oxygen atoms in total. The zero-order valence-electron chi connectivity index (χ0n) is 14.7. The molecular weight excluding hydrogens is 276 g/mol. The van der Waals surface area contributed by atoms with Crippen LogP contribution in [0.3, 0.4) is 0 Å². The molecule has 0 aromatic heterocycles. The minimum atomic E-state index is -0.645. The molecule has 0 aromatic carbocycles. The maximum Gasteiger partial charge on any atom is 0.193 e. The van der Waals surface area contributed by atoms with E-state index < -0.39 is 5.60 Å². The summed E-state index contributed by atoms with van der Waals surface area (Å²) in [5.41, 5.74) is -0.0693. The normalized spacial score (nSPS) is 31.7. The summed E-state index contributed by atoms with van der Waals surface area (Å²) in [6, 6.07) is 0. The van der Waals surface area contributed by atoms with Gasteiger partial charge in [-0.1, -0.05) is 39.0 Å². The molecule has 3 rings (SSSR count). The van der Waals surface area contributed by atoms with Crippen molar-refractivity contribution >= 4 is 5.78 Å². The van der Waals surface area contributed by atoms with E-state index in [0.29, 0.717) is 6.61 Å². The molecule has 0 amide bonds. The van der Waals surface area contributed by atoms with E-state index in [1.807, 2.05) is 6.92 Å². The van der Waals surface area contributed by atoms with Gasteiger partial charge in [-0.2, -0.15) is 0 Å². The maximum absolute atomic E-state index is 12.6. The van der Waals surface area contributed by atoms with Gasteiger partial charge in [0.2, 0.25) is 0 Å². The smallest absolute Gasteiger partial charge is 0.193 e. The summed E-state index contributed by atoms with van der Waals surface area (Å²) >= 11 is 0. The van der Waals surface area contributed by atoms with E-state index in [-0.39, 0.29) is 17.3 Å². The minimum Gasteiger partial charge on any atom is -0.501 e. The molecule has 2 unspecified atom stereocenters. The van der Waals surface area contributed by atoms with Crippen LogP contribution >= 0.6 is 0 Å². The van der Waals surface area contributed by atoms with Gasteiger partial charge in [-0.15, -0.1) is 0 Å². The fourth-order valence-corrected chi connectivity index (χ4v) is 3.87. The monoisotopic (exact) mass is 308 g/mol. The van der Waals surface area contributed by atoms with Crippen molar-refractivity contribution in [2.45, 2.75) is 90.3 Å². The van der Waals surface area contributed by atoms with Crippen molar-refractivity contribution in [3.63, 3.8) is 0 Å². The Morgan fingerprint density at radius 2 is 1.86 bits per heavy atom. The van der Waals surface area contributed by atoms with Crippen LogP contribution in [0.4, 0.5) is 0 Å². The maximum atomic E-state index is 12.6. The van der Waals surface area contributed by atoms with Crippen molar-refractivity contribution in [2.24, 2.45) is 5.92 Å². The van der Waals surface area contributed by atoms with Crippen molar-refractivity contribution in [3.05, 3.63) is 11.8 Å². The largest absolute Gasteiger partial charge is 0.501 e. The number of hydrogen-bond donors (Lipinski definition) is 0. The fraction of sp³-hybridized carbons (Fsp3) is 0.842. The van der Waals surface area contributed by atoms with E-state index >= 15 is 0 Å². The molecule has 0 aromatic rings. The molecule has 22 heavy (non-hydrogen) atoms. The molecule has 2 atom stereocenters. The van der Waals surface area contributed by atoms with E-state index in [0.717, 1.165) is 24.8 Å². The van der Waals surface area contributed by atoms with E-state index in [1.165, 1.54) is 32.1 Å². The topological polar surface area (TPSA) is 35.5 Å². The molecule has 2 aliphatic heterocycles. The summed E-state index contributed by atoms with van der Waals surface area (Å²) in [5.74, 6) is 0.303. The second-order valence-corrected chi connectivity index (χ2v) is 7.57. The average Bonchev–Trinajstić information content (AvgIpc) is 2.44. The summed E-state index contributed by atoms with van der Waals surface area (Å²) in [5, 5.41) is 0. The van der Waals surface area contributed by atoms with Crippen LogP contribution in [0.15, 0.2) is 11.8 Å². The summed E-state index contributed by atoms with van der Waals surface area (Å²) in [7, 11) is 0. The fourth-order valence-electron chi connectivity index (χ4n) is 3.87. The van der Waals surface area contributed by atoms with Gasteiger partial charge in [-0.05, 0) is 40.0 Å². The lowest BCUT2D eigenvalue weighted by Gasteiger charge is -2.53. The van der Waals surface area contributed by atoms with Crippen LogP contribution in [0, 0.1) is 5.92 Å². The van der Waals surface area contributed by atoms with Gasteiger partial charge in [0.1, 0.15) is 5.60 Å². The summed E-state index contributed by atoms with van der Waals surface area (Å²) in [4.78, 5) is 12.6. The third-order valence-corrected chi connectivity index (χ3v) is 5.18. The lowest BCUT2D eigenvalue weighted by Crippen LogP contribution is -2.60. The first kappa shape index (κ1) is 17.5. The summed E-state index contributed by atoms with van der Waals surface area (Å²) in [6.45, 7) is 9.05. The van der Waals surface area contributed by atoms with Gasteiger partial charge < -0.3 is 9.47 Å². The van der Waals surface area contributed by atoms with Crippen LogP contribution in [0.1, 0.15) is 79.1 Å². The lowest BCUT2D eigenvalue weighted by atomic mass is 9.65. The van der Waals surface area contributed by atoms with E-state index in [2.05, 4.69) is 20.8 Å². The Balaban J connectivity index is 1.82. The highest BCUT2D eigenvalue weighted by Gasteiger charge is 2.56. The van der Waals surface area contributed by atoms with Crippen LogP contribution in [0.5, 0.6) is 0 Å². The Labute approximate surface area is 135 Å². The van der Waals surface area contributed by atoms with Crippen molar-refractivity contribution in [1.29, 1.82) is 0 Å². The van der Waals surface area contributed by atoms with Crippen molar-refractivity contribution in [2.75, 3.05) is 6.61 Å². The van der Waals surface area contributed by atoms with Crippen LogP contribution in [-0.4, -0.2) is 23.6 Å². The molecular formula is C19H32O3. The number of fused-ring (bicyclic) bond motifs is 3. The first-order valence-electron chi connectivity index (χ1n) is 8.97. The Kier molecular flexibility index (Phi) is 5.70. The van der Waals surface area contributed by atoms with Gasteiger partial charge in [0, 0.05) is 11.5 Å². The predicted octanol–water partition coefficient (Wildman–Crippen LogP) is 4.79. The highest BCUT2D eigenvalue weighted by molar-refractivity contribution is 6.03. The molecule has 2 bridgehead atoms. The highest BCUT2D eigenvalue weighted by atomic mass is 16.5. The molecule has 1 aliphatic carbocycles. The number of ether oxygens (including phenoxy) is 2. The first-order chi connectivity index (χ1) is 10.4. The summed E-state index contributed by atoms with van der Waals surface area (Å²) in [6.07, 6.45) is 11.1. The van der Waals surface area contributed by atoms with E-state index in [4.69, 9.17) is 9.47 Å². The quantitative estimate of drug-likeness (QED) is 0.367. The Bertz CT molecular complexity index is 424. The van der Waals surface area contributed by atoms with Gasteiger partial charge in [0.15, 0.2) is 5.78 Å². The van der Waals surface area contributed by atoms with Crippen molar-refractivity contribution in [3.8, 4) is 0 Å². The third-order valence-electron chi connectivity index (χ3n) is 5.18. The van der Waals surface area contributed by atoms with Gasteiger partial charge >= 0.3 is 0 Å². The van der Waals surface area contributed by atoms with Crippen molar-refractivity contribution < 1.29 is 14.3 Å². The first-order valence-corrected chi connectivity index (χ1v) is 8.97. The third kappa shape index (κ3) is 3.73.